The number of rotatable bonds is 4. The SMILES string of the molecule is COC(=O)c1ccc(CNC2CCCc3sccc32)nc1. The van der Waals surface area contributed by atoms with Gasteiger partial charge in [-0.05, 0) is 48.4 Å². The standard InChI is InChI=1S/C16H18N2O2S/c1-20-16(19)11-5-6-12(17-9-11)10-18-14-3-2-4-15-13(14)7-8-21-15/h5-9,14,18H,2-4,10H2,1H3. The van der Waals surface area contributed by atoms with Crippen molar-refractivity contribution in [1.29, 1.82) is 0 Å². The predicted octanol–water partition coefficient (Wildman–Crippen LogP) is 3.10. The summed E-state index contributed by atoms with van der Waals surface area (Å²) in [5, 5.41) is 5.75. The molecule has 0 bridgehead atoms. The molecule has 3 rings (SSSR count). The fourth-order valence-corrected chi connectivity index (χ4v) is 3.68. The van der Waals surface area contributed by atoms with Crippen molar-refractivity contribution in [3.63, 3.8) is 0 Å². The Morgan fingerprint density at radius 1 is 1.48 bits per heavy atom. The van der Waals surface area contributed by atoms with E-state index in [1.807, 2.05) is 17.4 Å². The van der Waals surface area contributed by atoms with Gasteiger partial charge in [-0.25, -0.2) is 4.79 Å². The van der Waals surface area contributed by atoms with Crippen LogP contribution in [0, 0.1) is 0 Å². The van der Waals surface area contributed by atoms with E-state index >= 15 is 0 Å². The lowest BCUT2D eigenvalue weighted by Gasteiger charge is -2.23. The van der Waals surface area contributed by atoms with Gasteiger partial charge < -0.3 is 10.1 Å². The highest BCUT2D eigenvalue weighted by Gasteiger charge is 2.20. The van der Waals surface area contributed by atoms with Crippen LogP contribution in [0.4, 0.5) is 0 Å². The molecule has 0 fully saturated rings. The van der Waals surface area contributed by atoms with Gasteiger partial charge in [0, 0.05) is 23.7 Å². The third-order valence-corrected chi connectivity index (χ3v) is 4.82. The van der Waals surface area contributed by atoms with E-state index in [0.717, 1.165) is 5.69 Å². The second-order valence-corrected chi connectivity index (χ2v) is 6.16. The fraction of sp³-hybridized carbons (Fsp3) is 0.375. The molecular weight excluding hydrogens is 284 g/mol. The molecule has 4 nitrogen and oxygen atoms in total. The Morgan fingerprint density at radius 3 is 3.14 bits per heavy atom. The molecule has 0 saturated carbocycles. The first-order valence-corrected chi connectivity index (χ1v) is 7.99. The van der Waals surface area contributed by atoms with Gasteiger partial charge in [0.1, 0.15) is 0 Å². The van der Waals surface area contributed by atoms with Gasteiger partial charge in [0.15, 0.2) is 0 Å². The number of fused-ring (bicyclic) bond motifs is 1. The maximum absolute atomic E-state index is 11.4. The monoisotopic (exact) mass is 302 g/mol. The number of thiophene rings is 1. The Labute approximate surface area is 128 Å². The van der Waals surface area contributed by atoms with Gasteiger partial charge in [-0.3, -0.25) is 4.98 Å². The zero-order valence-electron chi connectivity index (χ0n) is 12.0. The molecule has 1 N–H and O–H groups in total. The molecule has 0 saturated heterocycles. The van der Waals surface area contributed by atoms with Crippen molar-refractivity contribution in [2.24, 2.45) is 0 Å². The fourth-order valence-electron chi connectivity index (χ4n) is 2.69. The van der Waals surface area contributed by atoms with Gasteiger partial charge in [-0.2, -0.15) is 0 Å². The maximum atomic E-state index is 11.4. The van der Waals surface area contributed by atoms with Crippen LogP contribution in [0.15, 0.2) is 29.8 Å². The summed E-state index contributed by atoms with van der Waals surface area (Å²) in [4.78, 5) is 17.2. The highest BCUT2D eigenvalue weighted by molar-refractivity contribution is 7.10. The van der Waals surface area contributed by atoms with Crippen molar-refractivity contribution in [2.75, 3.05) is 7.11 Å². The number of hydrogen-bond donors (Lipinski definition) is 1. The van der Waals surface area contributed by atoms with Gasteiger partial charge in [-0.1, -0.05) is 0 Å². The number of esters is 1. The number of aryl methyl sites for hydroxylation is 1. The van der Waals surface area contributed by atoms with Gasteiger partial charge in [0.05, 0.1) is 18.4 Å². The Morgan fingerprint density at radius 2 is 2.38 bits per heavy atom. The van der Waals surface area contributed by atoms with Crippen LogP contribution in [-0.2, 0) is 17.7 Å². The molecule has 0 aromatic carbocycles. The zero-order chi connectivity index (χ0) is 14.7. The summed E-state index contributed by atoms with van der Waals surface area (Å²) in [5.41, 5.74) is 2.86. The van der Waals surface area contributed by atoms with Crippen molar-refractivity contribution in [3.8, 4) is 0 Å². The topological polar surface area (TPSA) is 51.2 Å². The average Bonchev–Trinajstić information content (AvgIpc) is 3.02. The van der Waals surface area contributed by atoms with E-state index in [0.29, 0.717) is 18.2 Å². The van der Waals surface area contributed by atoms with Gasteiger partial charge in [-0.15, -0.1) is 11.3 Å². The Balaban J connectivity index is 1.62. The highest BCUT2D eigenvalue weighted by Crippen LogP contribution is 2.33. The van der Waals surface area contributed by atoms with E-state index in [2.05, 4.69) is 26.5 Å². The molecule has 2 heterocycles. The van der Waals surface area contributed by atoms with E-state index in [4.69, 9.17) is 0 Å². The Hall–Kier alpha value is -1.72. The van der Waals surface area contributed by atoms with Crippen LogP contribution in [-0.4, -0.2) is 18.1 Å². The first-order chi connectivity index (χ1) is 10.3. The van der Waals surface area contributed by atoms with Crippen LogP contribution in [0.3, 0.4) is 0 Å². The summed E-state index contributed by atoms with van der Waals surface area (Å²) >= 11 is 1.85. The molecule has 5 heteroatoms. The van der Waals surface area contributed by atoms with Crippen molar-refractivity contribution in [3.05, 3.63) is 51.5 Å². The van der Waals surface area contributed by atoms with Gasteiger partial charge >= 0.3 is 5.97 Å². The summed E-state index contributed by atoms with van der Waals surface area (Å²) in [6.07, 6.45) is 5.18. The maximum Gasteiger partial charge on any atom is 0.339 e. The smallest absolute Gasteiger partial charge is 0.339 e. The Kier molecular flexibility index (Phi) is 4.31. The average molecular weight is 302 g/mol. The molecule has 2 aromatic rings. The van der Waals surface area contributed by atoms with Gasteiger partial charge in [0.25, 0.3) is 0 Å². The molecule has 0 radical (unpaired) electrons. The van der Waals surface area contributed by atoms with Crippen LogP contribution in [0.5, 0.6) is 0 Å². The molecule has 0 amide bonds. The lowest BCUT2D eigenvalue weighted by molar-refractivity contribution is 0.0600. The summed E-state index contributed by atoms with van der Waals surface area (Å²) in [6, 6.07) is 6.27. The number of pyridine rings is 1. The van der Waals surface area contributed by atoms with E-state index in [9.17, 15) is 4.79 Å². The molecular formula is C16H18N2O2S. The van der Waals surface area contributed by atoms with Crippen LogP contribution >= 0.6 is 11.3 Å². The second-order valence-electron chi connectivity index (χ2n) is 5.15. The molecule has 1 atom stereocenters. The van der Waals surface area contributed by atoms with Crippen LogP contribution in [0.25, 0.3) is 0 Å². The van der Waals surface area contributed by atoms with E-state index < -0.39 is 0 Å². The van der Waals surface area contributed by atoms with Crippen molar-refractivity contribution in [2.45, 2.75) is 31.8 Å². The lowest BCUT2D eigenvalue weighted by atomic mass is 9.94. The predicted molar refractivity (Wildman–Crippen MR) is 82.4 cm³/mol. The largest absolute Gasteiger partial charge is 0.465 e. The summed E-state index contributed by atoms with van der Waals surface area (Å²) in [5.74, 6) is -0.350. The number of nitrogens with one attached hydrogen (secondary N) is 1. The summed E-state index contributed by atoms with van der Waals surface area (Å²) in [7, 11) is 1.37. The third-order valence-electron chi connectivity index (χ3n) is 3.83. The number of carbonyl (C=O) groups excluding carboxylic acids is 1. The molecule has 110 valence electrons. The third kappa shape index (κ3) is 3.14. The summed E-state index contributed by atoms with van der Waals surface area (Å²) < 4.78 is 4.67. The number of nitrogens with zero attached hydrogens (tertiary/aromatic N) is 1. The highest BCUT2D eigenvalue weighted by atomic mass is 32.1. The molecule has 1 unspecified atom stereocenters. The summed E-state index contributed by atoms with van der Waals surface area (Å²) in [6.45, 7) is 0.710. The van der Waals surface area contributed by atoms with Gasteiger partial charge in [0.2, 0.25) is 0 Å². The minimum absolute atomic E-state index is 0.350. The number of ether oxygens (including phenoxy) is 1. The molecule has 21 heavy (non-hydrogen) atoms. The second kappa shape index (κ2) is 6.37. The molecule has 1 aliphatic rings. The van der Waals surface area contributed by atoms with E-state index in [1.165, 1.54) is 36.8 Å². The molecule has 0 aliphatic heterocycles. The minimum atomic E-state index is -0.350. The molecule has 2 aromatic heterocycles. The van der Waals surface area contributed by atoms with Crippen molar-refractivity contribution >= 4 is 17.3 Å². The number of carbonyl (C=O) groups is 1. The lowest BCUT2D eigenvalue weighted by Crippen LogP contribution is -2.24. The number of aromatic nitrogens is 1. The number of methoxy groups -OCH3 is 1. The minimum Gasteiger partial charge on any atom is -0.465 e. The zero-order valence-corrected chi connectivity index (χ0v) is 12.8. The quantitative estimate of drug-likeness (QED) is 0.882. The van der Waals surface area contributed by atoms with E-state index in [1.54, 1.807) is 12.3 Å². The first kappa shape index (κ1) is 14.2. The van der Waals surface area contributed by atoms with Crippen molar-refractivity contribution in [1.82, 2.24) is 10.3 Å². The van der Waals surface area contributed by atoms with Crippen LogP contribution in [0.1, 0.15) is 45.4 Å². The normalized spacial score (nSPS) is 17.3. The van der Waals surface area contributed by atoms with Crippen molar-refractivity contribution < 1.29 is 9.53 Å². The van der Waals surface area contributed by atoms with E-state index in [-0.39, 0.29) is 5.97 Å². The van der Waals surface area contributed by atoms with Crippen LogP contribution in [0.2, 0.25) is 0 Å². The van der Waals surface area contributed by atoms with Crippen LogP contribution < -0.4 is 5.32 Å². The number of hydrogen-bond acceptors (Lipinski definition) is 5. The first-order valence-electron chi connectivity index (χ1n) is 7.11. The Bertz CT molecular complexity index is 621. The molecule has 0 spiro atoms. The molecule has 1 aliphatic carbocycles.